The summed E-state index contributed by atoms with van der Waals surface area (Å²) in [5.74, 6) is 0. The second kappa shape index (κ2) is 8.25. The molecular formula is C16H26N2O2. The first kappa shape index (κ1) is 15.3. The van der Waals surface area contributed by atoms with Crippen molar-refractivity contribution in [3.63, 3.8) is 0 Å². The van der Waals surface area contributed by atoms with Gasteiger partial charge in [-0.1, -0.05) is 18.2 Å². The fourth-order valence-corrected chi connectivity index (χ4v) is 2.70. The molecule has 4 nitrogen and oxygen atoms in total. The van der Waals surface area contributed by atoms with E-state index in [1.54, 1.807) is 7.11 Å². The first-order valence-corrected chi connectivity index (χ1v) is 7.40. The van der Waals surface area contributed by atoms with Gasteiger partial charge in [0, 0.05) is 46.1 Å². The maximum atomic E-state index is 5.44. The smallest absolute Gasteiger partial charge is 0.0605 e. The van der Waals surface area contributed by atoms with Gasteiger partial charge in [-0.25, -0.2) is 0 Å². The average molecular weight is 278 g/mol. The summed E-state index contributed by atoms with van der Waals surface area (Å²) in [7, 11) is 3.55. The van der Waals surface area contributed by atoms with Crippen LogP contribution in [0.1, 0.15) is 18.4 Å². The fraction of sp³-hybridized carbons (Fsp3) is 0.625. The number of anilines is 1. The van der Waals surface area contributed by atoms with Gasteiger partial charge in [0.25, 0.3) is 0 Å². The molecule has 0 amide bonds. The van der Waals surface area contributed by atoms with Gasteiger partial charge in [0.1, 0.15) is 0 Å². The lowest BCUT2D eigenvalue weighted by atomic mass is 10.0. The fourth-order valence-electron chi connectivity index (χ4n) is 2.70. The first-order chi connectivity index (χ1) is 9.85. The van der Waals surface area contributed by atoms with Crippen molar-refractivity contribution < 1.29 is 9.47 Å². The summed E-state index contributed by atoms with van der Waals surface area (Å²) >= 11 is 0. The molecule has 0 unspecified atom stereocenters. The maximum absolute atomic E-state index is 5.44. The summed E-state index contributed by atoms with van der Waals surface area (Å²) in [5.41, 5.74) is 2.71. The molecule has 1 aromatic carbocycles. The molecule has 1 aromatic rings. The number of methoxy groups -OCH3 is 2. The van der Waals surface area contributed by atoms with Crippen LogP contribution in [0.3, 0.4) is 0 Å². The predicted octanol–water partition coefficient (Wildman–Crippen LogP) is 2.04. The Bertz CT molecular complexity index is 390. The quantitative estimate of drug-likeness (QED) is 0.774. The molecule has 1 fully saturated rings. The highest BCUT2D eigenvalue weighted by Gasteiger charge is 2.20. The van der Waals surface area contributed by atoms with Gasteiger partial charge in [0.15, 0.2) is 0 Å². The predicted molar refractivity (Wildman–Crippen MR) is 82.3 cm³/mol. The number of nitrogens with zero attached hydrogens (tertiary/aromatic N) is 1. The number of nitrogens with one attached hydrogen (secondary N) is 1. The Morgan fingerprint density at radius 3 is 2.65 bits per heavy atom. The van der Waals surface area contributed by atoms with Crippen LogP contribution in [0.2, 0.25) is 0 Å². The highest BCUT2D eigenvalue weighted by Crippen LogP contribution is 2.24. The van der Waals surface area contributed by atoms with E-state index in [1.807, 2.05) is 7.11 Å². The lowest BCUT2D eigenvalue weighted by molar-refractivity contribution is 0.0819. The van der Waals surface area contributed by atoms with Crippen molar-refractivity contribution in [3.8, 4) is 0 Å². The SMILES string of the molecule is COCCNCc1ccccc1N1CCC(OC)CC1. The summed E-state index contributed by atoms with van der Waals surface area (Å²) in [5, 5.41) is 3.43. The Morgan fingerprint density at radius 2 is 1.95 bits per heavy atom. The third-order valence-electron chi connectivity index (χ3n) is 3.91. The molecule has 20 heavy (non-hydrogen) atoms. The van der Waals surface area contributed by atoms with Crippen LogP contribution in [0.5, 0.6) is 0 Å². The number of rotatable bonds is 7. The molecule has 2 rings (SSSR count). The van der Waals surface area contributed by atoms with Gasteiger partial charge >= 0.3 is 0 Å². The molecule has 0 saturated carbocycles. The van der Waals surface area contributed by atoms with Crippen molar-refractivity contribution in [1.29, 1.82) is 0 Å². The van der Waals surface area contributed by atoms with Crippen molar-refractivity contribution in [1.82, 2.24) is 5.32 Å². The Balaban J connectivity index is 1.93. The number of benzene rings is 1. The van der Waals surface area contributed by atoms with Crippen LogP contribution in [0.25, 0.3) is 0 Å². The zero-order valence-electron chi connectivity index (χ0n) is 12.6. The van der Waals surface area contributed by atoms with Gasteiger partial charge in [0.05, 0.1) is 12.7 Å². The van der Waals surface area contributed by atoms with Gasteiger partial charge in [0.2, 0.25) is 0 Å². The van der Waals surface area contributed by atoms with Gasteiger partial charge in [-0.05, 0) is 24.5 Å². The van der Waals surface area contributed by atoms with Crippen LogP contribution < -0.4 is 10.2 Å². The summed E-state index contributed by atoms with van der Waals surface area (Å²) < 4.78 is 10.5. The Morgan fingerprint density at radius 1 is 1.20 bits per heavy atom. The molecular weight excluding hydrogens is 252 g/mol. The minimum absolute atomic E-state index is 0.429. The van der Waals surface area contributed by atoms with Crippen molar-refractivity contribution >= 4 is 5.69 Å². The molecule has 4 heteroatoms. The molecule has 0 atom stereocenters. The zero-order valence-corrected chi connectivity index (χ0v) is 12.6. The zero-order chi connectivity index (χ0) is 14.2. The van der Waals surface area contributed by atoms with Crippen LogP contribution in [0.15, 0.2) is 24.3 Å². The van der Waals surface area contributed by atoms with E-state index in [0.717, 1.165) is 45.6 Å². The number of piperidine rings is 1. The normalized spacial score (nSPS) is 16.6. The Kier molecular flexibility index (Phi) is 6.30. The highest BCUT2D eigenvalue weighted by atomic mass is 16.5. The first-order valence-electron chi connectivity index (χ1n) is 7.40. The second-order valence-electron chi connectivity index (χ2n) is 5.22. The Hall–Kier alpha value is -1.10. The summed E-state index contributed by atoms with van der Waals surface area (Å²) in [6, 6.07) is 8.66. The van der Waals surface area contributed by atoms with Crippen molar-refractivity contribution in [3.05, 3.63) is 29.8 Å². The minimum Gasteiger partial charge on any atom is -0.383 e. The molecule has 112 valence electrons. The number of para-hydroxylation sites is 1. The van der Waals surface area contributed by atoms with Crippen LogP contribution in [0, 0.1) is 0 Å². The Labute approximate surface area is 122 Å². The molecule has 1 aliphatic rings. The van der Waals surface area contributed by atoms with E-state index in [-0.39, 0.29) is 0 Å². The van der Waals surface area contributed by atoms with Gasteiger partial charge in [-0.15, -0.1) is 0 Å². The van der Waals surface area contributed by atoms with E-state index in [1.165, 1.54) is 11.3 Å². The summed E-state index contributed by atoms with van der Waals surface area (Å²) in [4.78, 5) is 2.48. The van der Waals surface area contributed by atoms with Gasteiger partial charge in [-0.2, -0.15) is 0 Å². The molecule has 0 aromatic heterocycles. The summed E-state index contributed by atoms with van der Waals surface area (Å²) in [6.45, 7) is 4.68. The van der Waals surface area contributed by atoms with E-state index >= 15 is 0 Å². The molecule has 1 heterocycles. The van der Waals surface area contributed by atoms with Gasteiger partial charge < -0.3 is 19.7 Å². The number of ether oxygens (including phenoxy) is 2. The lowest BCUT2D eigenvalue weighted by Crippen LogP contribution is -2.37. The van der Waals surface area contributed by atoms with E-state index in [9.17, 15) is 0 Å². The van der Waals surface area contributed by atoms with E-state index in [0.29, 0.717) is 6.10 Å². The topological polar surface area (TPSA) is 33.7 Å². The van der Waals surface area contributed by atoms with Gasteiger partial charge in [-0.3, -0.25) is 0 Å². The largest absolute Gasteiger partial charge is 0.383 e. The lowest BCUT2D eigenvalue weighted by Gasteiger charge is -2.34. The number of hydrogen-bond acceptors (Lipinski definition) is 4. The molecule has 0 aliphatic carbocycles. The van der Waals surface area contributed by atoms with Crippen molar-refractivity contribution in [2.24, 2.45) is 0 Å². The van der Waals surface area contributed by atoms with Crippen LogP contribution in [-0.2, 0) is 16.0 Å². The molecule has 0 radical (unpaired) electrons. The second-order valence-corrected chi connectivity index (χ2v) is 5.22. The molecule has 0 bridgehead atoms. The minimum atomic E-state index is 0.429. The monoisotopic (exact) mass is 278 g/mol. The highest BCUT2D eigenvalue weighted by molar-refractivity contribution is 5.54. The van der Waals surface area contributed by atoms with Crippen molar-refractivity contribution in [2.45, 2.75) is 25.5 Å². The third-order valence-corrected chi connectivity index (χ3v) is 3.91. The molecule has 1 saturated heterocycles. The van der Waals surface area contributed by atoms with E-state index in [4.69, 9.17) is 9.47 Å². The molecule has 1 N–H and O–H groups in total. The molecule has 1 aliphatic heterocycles. The maximum Gasteiger partial charge on any atom is 0.0605 e. The van der Waals surface area contributed by atoms with Crippen molar-refractivity contribution in [2.75, 3.05) is 45.4 Å². The van der Waals surface area contributed by atoms with Crippen LogP contribution in [0.4, 0.5) is 5.69 Å². The van der Waals surface area contributed by atoms with E-state index in [2.05, 4.69) is 34.5 Å². The van der Waals surface area contributed by atoms with Crippen LogP contribution in [-0.4, -0.2) is 46.6 Å². The average Bonchev–Trinajstić information content (AvgIpc) is 2.52. The number of hydrogen-bond donors (Lipinski definition) is 1. The van der Waals surface area contributed by atoms with Crippen LogP contribution >= 0.6 is 0 Å². The molecule has 0 spiro atoms. The standard InChI is InChI=1S/C16H26N2O2/c1-19-12-9-17-13-14-5-3-4-6-16(14)18-10-7-15(20-2)8-11-18/h3-6,15,17H,7-13H2,1-2H3. The van der Waals surface area contributed by atoms with E-state index < -0.39 is 0 Å². The third kappa shape index (κ3) is 4.20. The summed E-state index contributed by atoms with van der Waals surface area (Å²) in [6.07, 6.45) is 2.65.